The van der Waals surface area contributed by atoms with Crippen LogP contribution in [0, 0.1) is 0 Å². The Morgan fingerprint density at radius 2 is 2.11 bits per heavy atom. The van der Waals surface area contributed by atoms with Gasteiger partial charge in [-0.3, -0.25) is 4.99 Å². The predicted molar refractivity (Wildman–Crippen MR) is 106 cm³/mol. The van der Waals surface area contributed by atoms with E-state index >= 15 is 0 Å². The lowest BCUT2D eigenvalue weighted by atomic mass is 10.2. The van der Waals surface area contributed by atoms with Crippen molar-refractivity contribution in [2.75, 3.05) is 20.6 Å². The number of nitrogens with zero attached hydrogens (tertiary/aromatic N) is 6. The van der Waals surface area contributed by atoms with Crippen molar-refractivity contribution in [2.45, 2.75) is 26.4 Å². The van der Waals surface area contributed by atoms with Gasteiger partial charge in [-0.25, -0.2) is 4.98 Å². The molecule has 0 amide bonds. The van der Waals surface area contributed by atoms with Crippen LogP contribution in [0.25, 0.3) is 11.3 Å². The van der Waals surface area contributed by atoms with E-state index < -0.39 is 0 Å². The van der Waals surface area contributed by atoms with Crippen molar-refractivity contribution in [1.29, 1.82) is 0 Å². The lowest BCUT2D eigenvalue weighted by molar-refractivity contribution is 0.460. The first-order valence-corrected chi connectivity index (χ1v) is 9.09. The fraction of sp³-hybridized carbons (Fsp3) is 0.368. The molecule has 0 aliphatic carbocycles. The van der Waals surface area contributed by atoms with Crippen molar-refractivity contribution in [3.8, 4) is 11.3 Å². The number of guanidine groups is 1. The van der Waals surface area contributed by atoms with Gasteiger partial charge >= 0.3 is 0 Å². The molecule has 1 aromatic carbocycles. The summed E-state index contributed by atoms with van der Waals surface area (Å²) in [6.45, 7) is 4.25. The van der Waals surface area contributed by atoms with Crippen LogP contribution in [-0.2, 0) is 19.5 Å². The van der Waals surface area contributed by atoms with Crippen molar-refractivity contribution in [3.63, 3.8) is 0 Å². The van der Waals surface area contributed by atoms with Crippen molar-refractivity contribution in [2.24, 2.45) is 4.99 Å². The number of aromatic nitrogens is 5. The Morgan fingerprint density at radius 1 is 1.30 bits per heavy atom. The van der Waals surface area contributed by atoms with Crippen LogP contribution in [0.4, 0.5) is 0 Å². The molecule has 2 aromatic heterocycles. The highest BCUT2D eigenvalue weighted by atomic mass is 15.3. The molecule has 2 heterocycles. The number of nitrogens with one attached hydrogen (secondary N) is 2. The SMILES string of the molecule is CCc1nncn1CCNC(=NC)N(C)Cc1ncc(-c2ccccc2)[nH]1. The van der Waals surface area contributed by atoms with E-state index in [9.17, 15) is 0 Å². The Balaban J connectivity index is 1.54. The number of imidazole rings is 1. The van der Waals surface area contributed by atoms with Gasteiger partial charge in [-0.05, 0) is 5.56 Å². The van der Waals surface area contributed by atoms with E-state index in [0.717, 1.165) is 48.4 Å². The quantitative estimate of drug-likeness (QED) is 0.493. The van der Waals surface area contributed by atoms with Gasteiger partial charge in [-0.2, -0.15) is 0 Å². The third kappa shape index (κ3) is 4.72. The molecule has 8 nitrogen and oxygen atoms in total. The zero-order valence-corrected chi connectivity index (χ0v) is 16.1. The van der Waals surface area contributed by atoms with Gasteiger partial charge in [-0.15, -0.1) is 10.2 Å². The highest BCUT2D eigenvalue weighted by Gasteiger charge is 2.10. The maximum Gasteiger partial charge on any atom is 0.193 e. The molecule has 142 valence electrons. The summed E-state index contributed by atoms with van der Waals surface area (Å²) < 4.78 is 2.05. The molecular weight excluding hydrogens is 340 g/mol. The van der Waals surface area contributed by atoms with Crippen LogP contribution in [0.3, 0.4) is 0 Å². The molecule has 0 unspecified atom stereocenters. The zero-order valence-electron chi connectivity index (χ0n) is 16.1. The first-order valence-electron chi connectivity index (χ1n) is 9.09. The van der Waals surface area contributed by atoms with Crippen molar-refractivity contribution >= 4 is 5.96 Å². The number of aromatic amines is 1. The molecule has 0 aliphatic heterocycles. The van der Waals surface area contributed by atoms with E-state index in [1.807, 2.05) is 36.3 Å². The lowest BCUT2D eigenvalue weighted by Gasteiger charge is -2.21. The molecule has 0 spiro atoms. The molecule has 0 bridgehead atoms. The molecular formula is C19H26N8. The highest BCUT2D eigenvalue weighted by molar-refractivity contribution is 5.79. The van der Waals surface area contributed by atoms with Gasteiger partial charge in [-0.1, -0.05) is 37.3 Å². The molecule has 0 atom stereocenters. The van der Waals surface area contributed by atoms with Gasteiger partial charge in [0.2, 0.25) is 0 Å². The van der Waals surface area contributed by atoms with Gasteiger partial charge in [0.1, 0.15) is 18.0 Å². The molecule has 0 saturated heterocycles. The van der Waals surface area contributed by atoms with E-state index in [0.29, 0.717) is 6.54 Å². The summed E-state index contributed by atoms with van der Waals surface area (Å²) >= 11 is 0. The molecule has 0 fully saturated rings. The summed E-state index contributed by atoms with van der Waals surface area (Å²) in [5.74, 6) is 2.70. The molecule has 3 rings (SSSR count). The van der Waals surface area contributed by atoms with Crippen LogP contribution in [-0.4, -0.2) is 56.2 Å². The number of aliphatic imine (C=N–C) groups is 1. The van der Waals surface area contributed by atoms with Crippen LogP contribution in [0.5, 0.6) is 0 Å². The van der Waals surface area contributed by atoms with E-state index in [1.165, 1.54) is 0 Å². The highest BCUT2D eigenvalue weighted by Crippen LogP contribution is 2.16. The van der Waals surface area contributed by atoms with Crippen LogP contribution in [0.2, 0.25) is 0 Å². The number of hydrogen-bond acceptors (Lipinski definition) is 4. The molecule has 3 aromatic rings. The maximum absolute atomic E-state index is 4.49. The van der Waals surface area contributed by atoms with Gasteiger partial charge < -0.3 is 19.8 Å². The topological polar surface area (TPSA) is 87.0 Å². The largest absolute Gasteiger partial charge is 0.354 e. The maximum atomic E-state index is 4.49. The number of hydrogen-bond donors (Lipinski definition) is 2. The monoisotopic (exact) mass is 366 g/mol. The second-order valence-electron chi connectivity index (χ2n) is 6.23. The normalized spacial score (nSPS) is 11.6. The predicted octanol–water partition coefficient (Wildman–Crippen LogP) is 1.94. The van der Waals surface area contributed by atoms with Gasteiger partial charge in [0.05, 0.1) is 18.4 Å². The molecule has 27 heavy (non-hydrogen) atoms. The molecule has 0 radical (unpaired) electrons. The average Bonchev–Trinajstić information content (AvgIpc) is 3.35. The Hall–Kier alpha value is -3.16. The fourth-order valence-corrected chi connectivity index (χ4v) is 2.92. The molecule has 0 saturated carbocycles. The minimum Gasteiger partial charge on any atom is -0.354 e. The van der Waals surface area contributed by atoms with E-state index in [-0.39, 0.29) is 0 Å². The summed E-state index contributed by atoms with van der Waals surface area (Å²) in [5.41, 5.74) is 2.14. The number of aryl methyl sites for hydroxylation is 1. The number of rotatable bonds is 7. The Kier molecular flexibility index (Phi) is 6.19. The Bertz CT molecular complexity index is 865. The van der Waals surface area contributed by atoms with E-state index in [2.05, 4.69) is 54.1 Å². The average molecular weight is 366 g/mol. The minimum atomic E-state index is 0.638. The van der Waals surface area contributed by atoms with Crippen LogP contribution in [0.15, 0.2) is 47.8 Å². The van der Waals surface area contributed by atoms with E-state index in [4.69, 9.17) is 0 Å². The summed E-state index contributed by atoms with van der Waals surface area (Å²) in [7, 11) is 3.78. The second kappa shape index (κ2) is 8.98. The van der Waals surface area contributed by atoms with Gasteiger partial charge in [0.15, 0.2) is 5.96 Å². The second-order valence-corrected chi connectivity index (χ2v) is 6.23. The number of benzene rings is 1. The summed E-state index contributed by atoms with van der Waals surface area (Å²) in [4.78, 5) is 14.3. The molecule has 8 heteroatoms. The Labute approximate surface area is 159 Å². The van der Waals surface area contributed by atoms with Crippen LogP contribution in [0.1, 0.15) is 18.6 Å². The summed E-state index contributed by atoms with van der Waals surface area (Å²) in [5, 5.41) is 11.4. The smallest absolute Gasteiger partial charge is 0.193 e. The molecule has 2 N–H and O–H groups in total. The first-order chi connectivity index (χ1) is 13.2. The lowest BCUT2D eigenvalue weighted by Crippen LogP contribution is -2.40. The third-order valence-corrected chi connectivity index (χ3v) is 4.32. The minimum absolute atomic E-state index is 0.638. The fourth-order valence-electron chi connectivity index (χ4n) is 2.92. The summed E-state index contributed by atoms with van der Waals surface area (Å²) in [6, 6.07) is 10.2. The zero-order chi connectivity index (χ0) is 19.1. The molecule has 0 aliphatic rings. The first kappa shape index (κ1) is 18.6. The van der Waals surface area contributed by atoms with Crippen molar-refractivity contribution in [3.05, 3.63) is 54.5 Å². The van der Waals surface area contributed by atoms with Crippen molar-refractivity contribution in [1.82, 2.24) is 34.9 Å². The summed E-state index contributed by atoms with van der Waals surface area (Å²) in [6.07, 6.45) is 4.50. The van der Waals surface area contributed by atoms with E-state index in [1.54, 1.807) is 13.4 Å². The van der Waals surface area contributed by atoms with Crippen LogP contribution < -0.4 is 5.32 Å². The van der Waals surface area contributed by atoms with Gasteiger partial charge in [0, 0.05) is 33.6 Å². The standard InChI is InChI=1S/C19H26N8/c1-4-18-25-23-14-27(18)11-10-21-19(20-2)26(3)13-17-22-12-16(24-17)15-8-6-5-7-9-15/h5-9,12,14H,4,10-11,13H2,1-3H3,(H,20,21)(H,22,24). The van der Waals surface area contributed by atoms with Crippen molar-refractivity contribution < 1.29 is 0 Å². The van der Waals surface area contributed by atoms with Gasteiger partial charge in [0.25, 0.3) is 0 Å². The third-order valence-electron chi connectivity index (χ3n) is 4.32. The van der Waals surface area contributed by atoms with Crippen LogP contribution >= 0.6 is 0 Å². The number of H-pyrrole nitrogens is 1. The Morgan fingerprint density at radius 3 is 2.85 bits per heavy atom.